The molecule has 0 aliphatic rings. The molecule has 0 radical (unpaired) electrons. The molecule has 5 heteroatoms. The third-order valence-corrected chi connectivity index (χ3v) is 3.71. The molecule has 0 saturated heterocycles. The van der Waals surface area contributed by atoms with E-state index < -0.39 is 0 Å². The SMILES string of the molecule is CCOc1ccc(CN(C)CC(=O)N(C)Cc2ccc(C)o2)cc1. The third-order valence-electron chi connectivity index (χ3n) is 3.71. The fourth-order valence-corrected chi connectivity index (χ4v) is 2.47. The Kier molecular flexibility index (Phi) is 6.44. The fraction of sp³-hybridized carbons (Fsp3) is 0.421. The molecule has 0 unspecified atom stereocenters. The van der Waals surface area contributed by atoms with Crippen molar-refractivity contribution in [3.05, 3.63) is 53.5 Å². The lowest BCUT2D eigenvalue weighted by atomic mass is 10.2. The maximum atomic E-state index is 12.3. The van der Waals surface area contributed by atoms with E-state index in [9.17, 15) is 4.79 Å². The summed E-state index contributed by atoms with van der Waals surface area (Å²) in [4.78, 5) is 16.0. The highest BCUT2D eigenvalue weighted by Crippen LogP contribution is 2.13. The topological polar surface area (TPSA) is 45.9 Å². The molecular formula is C19H26N2O3. The van der Waals surface area contributed by atoms with Crippen LogP contribution in [0, 0.1) is 6.92 Å². The van der Waals surface area contributed by atoms with Gasteiger partial charge in [0.15, 0.2) is 0 Å². The first kappa shape index (κ1) is 18.1. The Labute approximate surface area is 143 Å². The number of carbonyl (C=O) groups excluding carboxylic acids is 1. The molecule has 0 atom stereocenters. The molecule has 1 heterocycles. The Morgan fingerprint density at radius 3 is 2.38 bits per heavy atom. The van der Waals surface area contributed by atoms with Gasteiger partial charge in [-0.3, -0.25) is 9.69 Å². The molecule has 0 bridgehead atoms. The first-order valence-electron chi connectivity index (χ1n) is 8.17. The monoisotopic (exact) mass is 330 g/mol. The van der Waals surface area contributed by atoms with E-state index in [4.69, 9.17) is 9.15 Å². The molecule has 0 fully saturated rings. The van der Waals surface area contributed by atoms with E-state index in [0.29, 0.717) is 26.2 Å². The van der Waals surface area contributed by atoms with Gasteiger partial charge in [-0.15, -0.1) is 0 Å². The van der Waals surface area contributed by atoms with E-state index in [2.05, 4.69) is 0 Å². The van der Waals surface area contributed by atoms with Crippen LogP contribution in [0.2, 0.25) is 0 Å². The maximum absolute atomic E-state index is 12.3. The largest absolute Gasteiger partial charge is 0.494 e. The normalized spacial score (nSPS) is 10.9. The standard InChI is InChI=1S/C19H26N2O3/c1-5-23-17-10-7-16(8-11-17)12-20(3)14-19(22)21(4)13-18-9-6-15(2)24-18/h6-11H,5,12-14H2,1-4H3. The summed E-state index contributed by atoms with van der Waals surface area (Å²) in [7, 11) is 3.74. The number of benzene rings is 1. The molecule has 5 nitrogen and oxygen atoms in total. The molecule has 1 amide bonds. The molecule has 0 N–H and O–H groups in total. The zero-order valence-electron chi connectivity index (χ0n) is 14.9. The number of amides is 1. The molecule has 0 saturated carbocycles. The molecule has 130 valence electrons. The average molecular weight is 330 g/mol. The van der Waals surface area contributed by atoms with Gasteiger partial charge in [0.25, 0.3) is 0 Å². The van der Waals surface area contributed by atoms with E-state index in [0.717, 1.165) is 22.8 Å². The van der Waals surface area contributed by atoms with Gasteiger partial charge in [-0.2, -0.15) is 0 Å². The Balaban J connectivity index is 1.82. The highest BCUT2D eigenvalue weighted by atomic mass is 16.5. The number of hydrogen-bond acceptors (Lipinski definition) is 4. The van der Waals surface area contributed by atoms with Crippen LogP contribution in [0.3, 0.4) is 0 Å². The second-order valence-corrected chi connectivity index (χ2v) is 6.01. The summed E-state index contributed by atoms with van der Waals surface area (Å²) in [5, 5.41) is 0. The van der Waals surface area contributed by atoms with Gasteiger partial charge < -0.3 is 14.1 Å². The van der Waals surface area contributed by atoms with Crippen molar-refractivity contribution in [2.45, 2.75) is 26.9 Å². The van der Waals surface area contributed by atoms with E-state index in [-0.39, 0.29) is 5.91 Å². The Morgan fingerprint density at radius 1 is 1.08 bits per heavy atom. The van der Waals surface area contributed by atoms with Gasteiger partial charge >= 0.3 is 0 Å². The van der Waals surface area contributed by atoms with Crippen molar-refractivity contribution in [3.63, 3.8) is 0 Å². The highest BCUT2D eigenvalue weighted by Gasteiger charge is 2.14. The quantitative estimate of drug-likeness (QED) is 0.746. The van der Waals surface area contributed by atoms with E-state index >= 15 is 0 Å². The molecule has 2 rings (SSSR count). The summed E-state index contributed by atoms with van der Waals surface area (Å²) in [5.74, 6) is 2.60. The van der Waals surface area contributed by atoms with Crippen molar-refractivity contribution in [3.8, 4) is 5.75 Å². The van der Waals surface area contributed by atoms with Crippen LogP contribution in [0.25, 0.3) is 0 Å². The Hall–Kier alpha value is -2.27. The summed E-state index contributed by atoms with van der Waals surface area (Å²) < 4.78 is 11.0. The summed E-state index contributed by atoms with van der Waals surface area (Å²) >= 11 is 0. The van der Waals surface area contributed by atoms with Crippen LogP contribution in [0.15, 0.2) is 40.8 Å². The van der Waals surface area contributed by atoms with Crippen LogP contribution < -0.4 is 4.74 Å². The molecule has 2 aromatic rings. The van der Waals surface area contributed by atoms with Crippen molar-refractivity contribution >= 4 is 5.91 Å². The van der Waals surface area contributed by atoms with E-state index in [1.807, 2.05) is 62.2 Å². The van der Waals surface area contributed by atoms with Gasteiger partial charge in [-0.25, -0.2) is 0 Å². The number of rotatable bonds is 8. The van der Waals surface area contributed by atoms with Gasteiger partial charge in [0.1, 0.15) is 17.3 Å². The summed E-state index contributed by atoms with van der Waals surface area (Å²) in [6, 6.07) is 11.8. The van der Waals surface area contributed by atoms with Crippen molar-refractivity contribution in [1.29, 1.82) is 0 Å². The first-order chi connectivity index (χ1) is 11.5. The molecule has 1 aromatic heterocycles. The van der Waals surface area contributed by atoms with Crippen LogP contribution in [-0.4, -0.2) is 43.0 Å². The lowest BCUT2D eigenvalue weighted by Gasteiger charge is -2.21. The summed E-state index contributed by atoms with van der Waals surface area (Å²) in [5.41, 5.74) is 1.15. The molecule has 24 heavy (non-hydrogen) atoms. The zero-order valence-corrected chi connectivity index (χ0v) is 14.9. The Morgan fingerprint density at radius 2 is 1.79 bits per heavy atom. The van der Waals surface area contributed by atoms with Crippen LogP contribution in [0.5, 0.6) is 5.75 Å². The third kappa shape index (κ3) is 5.42. The van der Waals surface area contributed by atoms with Crippen LogP contribution >= 0.6 is 0 Å². The molecule has 0 aliphatic heterocycles. The minimum atomic E-state index is 0.0671. The highest BCUT2D eigenvalue weighted by molar-refractivity contribution is 5.77. The van der Waals surface area contributed by atoms with Gasteiger partial charge in [0.05, 0.1) is 19.7 Å². The first-order valence-corrected chi connectivity index (χ1v) is 8.17. The van der Waals surface area contributed by atoms with Gasteiger partial charge in [-0.1, -0.05) is 12.1 Å². The summed E-state index contributed by atoms with van der Waals surface area (Å²) in [6.45, 7) is 6.10. The van der Waals surface area contributed by atoms with Gasteiger partial charge in [0, 0.05) is 13.6 Å². The van der Waals surface area contributed by atoms with Crippen LogP contribution in [-0.2, 0) is 17.9 Å². The number of carbonyl (C=O) groups is 1. The van der Waals surface area contributed by atoms with E-state index in [1.165, 1.54) is 0 Å². The number of nitrogens with zero attached hydrogens (tertiary/aromatic N) is 2. The predicted octanol–water partition coefficient (Wildman–Crippen LogP) is 3.08. The second kappa shape index (κ2) is 8.55. The molecule has 1 aromatic carbocycles. The van der Waals surface area contributed by atoms with Crippen molar-refractivity contribution in [2.75, 3.05) is 27.2 Å². The summed E-state index contributed by atoms with van der Waals surface area (Å²) in [6.07, 6.45) is 0. The zero-order chi connectivity index (χ0) is 17.5. The van der Waals surface area contributed by atoms with Gasteiger partial charge in [0.2, 0.25) is 5.91 Å². The minimum Gasteiger partial charge on any atom is -0.494 e. The fourth-order valence-electron chi connectivity index (χ4n) is 2.47. The number of hydrogen-bond donors (Lipinski definition) is 0. The average Bonchev–Trinajstić information content (AvgIpc) is 2.94. The van der Waals surface area contributed by atoms with Crippen LogP contribution in [0.1, 0.15) is 24.0 Å². The smallest absolute Gasteiger partial charge is 0.236 e. The number of aryl methyl sites for hydroxylation is 1. The van der Waals surface area contributed by atoms with E-state index in [1.54, 1.807) is 11.9 Å². The molecule has 0 aliphatic carbocycles. The minimum absolute atomic E-state index is 0.0671. The Bertz CT molecular complexity index is 649. The predicted molar refractivity (Wildman–Crippen MR) is 93.9 cm³/mol. The number of furan rings is 1. The van der Waals surface area contributed by atoms with Crippen molar-refractivity contribution < 1.29 is 13.9 Å². The van der Waals surface area contributed by atoms with Crippen LogP contribution in [0.4, 0.5) is 0 Å². The van der Waals surface area contributed by atoms with Crippen molar-refractivity contribution in [1.82, 2.24) is 9.80 Å². The lowest BCUT2D eigenvalue weighted by Crippen LogP contribution is -2.35. The van der Waals surface area contributed by atoms with Crippen molar-refractivity contribution in [2.24, 2.45) is 0 Å². The second-order valence-electron chi connectivity index (χ2n) is 6.01. The van der Waals surface area contributed by atoms with Gasteiger partial charge in [-0.05, 0) is 50.7 Å². The number of likely N-dealkylation sites (N-methyl/N-ethyl adjacent to an activating group) is 2. The number of ether oxygens (including phenoxy) is 1. The lowest BCUT2D eigenvalue weighted by molar-refractivity contribution is -0.131. The maximum Gasteiger partial charge on any atom is 0.236 e. The molecular weight excluding hydrogens is 304 g/mol. The molecule has 0 spiro atoms.